The van der Waals surface area contributed by atoms with Crippen LogP contribution in [-0.4, -0.2) is 126 Å². The van der Waals surface area contributed by atoms with Crippen LogP contribution in [0.5, 0.6) is 0 Å². The van der Waals surface area contributed by atoms with Crippen molar-refractivity contribution in [3.8, 4) is 0 Å². The molecule has 0 aliphatic heterocycles. The molecule has 0 heterocycles. The van der Waals surface area contributed by atoms with Crippen molar-refractivity contribution in [2.45, 2.75) is 94.0 Å². The molecule has 0 rings (SSSR count). The molecule has 0 saturated heterocycles. The van der Waals surface area contributed by atoms with Crippen LogP contribution in [-0.2, 0) is 33.6 Å². The lowest BCUT2D eigenvalue weighted by Crippen LogP contribution is -2.59. The summed E-state index contributed by atoms with van der Waals surface area (Å²) < 4.78 is 0. The highest BCUT2D eigenvalue weighted by molar-refractivity contribution is 7.80. The monoisotopic (exact) mass is 792 g/mol. The largest absolute Gasteiger partial charge is 0.480 e. The van der Waals surface area contributed by atoms with E-state index in [-0.39, 0.29) is 75.0 Å². The highest BCUT2D eigenvalue weighted by Crippen LogP contribution is 2.07. The number of carboxylic acids is 1. The fourth-order valence-corrected chi connectivity index (χ4v) is 4.99. The summed E-state index contributed by atoms with van der Waals surface area (Å²) in [7, 11) is 0. The van der Waals surface area contributed by atoms with Gasteiger partial charge in [-0.1, -0.05) is 6.42 Å². The zero-order valence-electron chi connectivity index (χ0n) is 29.5. The molecule has 302 valence electrons. The topological polar surface area (TPSA) is 407 Å². The number of amides is 6. The van der Waals surface area contributed by atoms with Gasteiger partial charge in [-0.05, 0) is 51.5 Å². The van der Waals surface area contributed by atoms with E-state index >= 15 is 0 Å². The molecule has 0 aromatic rings. The first-order valence-electron chi connectivity index (χ1n) is 16.8. The summed E-state index contributed by atoms with van der Waals surface area (Å²) in [5.41, 5.74) is 38.3. The van der Waals surface area contributed by atoms with Gasteiger partial charge in [-0.3, -0.25) is 38.8 Å². The van der Waals surface area contributed by atoms with E-state index in [4.69, 9.17) is 40.1 Å². The number of nitrogens with two attached hydrogens (primary N) is 7. The lowest BCUT2D eigenvalue weighted by molar-refractivity contribution is -0.141. The van der Waals surface area contributed by atoms with Crippen LogP contribution in [0.1, 0.15) is 57.8 Å². The lowest BCUT2D eigenvalue weighted by atomic mass is 10.1. The van der Waals surface area contributed by atoms with E-state index in [0.717, 1.165) is 0 Å². The molecule has 0 aromatic heterocycles. The minimum absolute atomic E-state index is 0.0352. The van der Waals surface area contributed by atoms with E-state index in [0.29, 0.717) is 25.8 Å². The number of thiol groups is 2. The molecule has 0 saturated carbocycles. The van der Waals surface area contributed by atoms with Gasteiger partial charge in [0.1, 0.15) is 30.2 Å². The molecule has 6 atom stereocenters. The fourth-order valence-electron chi connectivity index (χ4n) is 4.49. The first-order valence-corrected chi connectivity index (χ1v) is 18.0. The predicted molar refractivity (Wildman–Crippen MR) is 204 cm³/mol. The number of rotatable bonds is 28. The number of carbonyl (C=O) groups is 7. The van der Waals surface area contributed by atoms with Crippen LogP contribution in [0.25, 0.3) is 0 Å². The molecule has 22 nitrogen and oxygen atoms in total. The van der Waals surface area contributed by atoms with Crippen LogP contribution in [0.2, 0.25) is 0 Å². The molecule has 0 bridgehead atoms. The van der Waals surface area contributed by atoms with Crippen LogP contribution in [0.15, 0.2) is 9.98 Å². The summed E-state index contributed by atoms with van der Waals surface area (Å²) >= 11 is 8.04. The van der Waals surface area contributed by atoms with E-state index in [9.17, 15) is 38.7 Å². The van der Waals surface area contributed by atoms with Crippen molar-refractivity contribution in [1.82, 2.24) is 26.6 Å². The second-order valence-electron chi connectivity index (χ2n) is 11.8. The maximum atomic E-state index is 13.6. The Morgan fingerprint density at radius 3 is 1.34 bits per heavy atom. The predicted octanol–water partition coefficient (Wildman–Crippen LogP) is -5.82. The standard InChI is InChI=1S/C29H56N14O8S2/c30-10-2-1-5-15(31)22(45)39-16(6-3-11-37-28(33)34)23(46)40-17(7-4-12-38-29(35)36)24(47)42-19(13-52)26(49)41-18(8-9-21(32)44)25(48)43-20(14-53)27(50)51/h15-20,52-53H,1-14,30-31H2,(H2,32,44)(H,39,45)(H,40,46)(H,41,49)(H,42,47)(H,43,48)(H,50,51)(H4,33,34,37)(H4,35,36,38)/t15-,16-,17-,18-,19-,20-/m0/s1. The maximum Gasteiger partial charge on any atom is 0.327 e. The number of aliphatic imine (C=N–C) groups is 2. The van der Waals surface area contributed by atoms with E-state index in [1.165, 1.54) is 0 Å². The number of hydrogen-bond acceptors (Lipinski definition) is 13. The van der Waals surface area contributed by atoms with Gasteiger partial charge in [0.15, 0.2) is 11.9 Å². The van der Waals surface area contributed by atoms with Crippen LogP contribution >= 0.6 is 25.3 Å². The molecule has 0 spiro atoms. The smallest absolute Gasteiger partial charge is 0.327 e. The van der Waals surface area contributed by atoms with E-state index < -0.39 is 77.7 Å². The van der Waals surface area contributed by atoms with Crippen molar-refractivity contribution in [3.63, 3.8) is 0 Å². The Hall–Kier alpha value is -4.55. The summed E-state index contributed by atoms with van der Waals surface area (Å²) in [5, 5.41) is 21.6. The third-order valence-electron chi connectivity index (χ3n) is 7.39. The Kier molecular flexibility index (Phi) is 24.8. The number of unbranched alkanes of at least 4 members (excludes halogenated alkanes) is 1. The number of primary amides is 1. The summed E-state index contributed by atoms with van der Waals surface area (Å²) in [6, 6.07) is -7.66. The number of nitrogens with zero attached hydrogens (tertiary/aromatic N) is 2. The molecule has 0 fully saturated rings. The third-order valence-corrected chi connectivity index (χ3v) is 8.12. The van der Waals surface area contributed by atoms with Gasteiger partial charge in [0.25, 0.3) is 0 Å². The highest BCUT2D eigenvalue weighted by atomic mass is 32.1. The van der Waals surface area contributed by atoms with E-state index in [1.54, 1.807) is 0 Å². The van der Waals surface area contributed by atoms with Crippen molar-refractivity contribution < 1.29 is 38.7 Å². The summed E-state index contributed by atoms with van der Waals surface area (Å²) in [6.07, 6.45) is 1.37. The van der Waals surface area contributed by atoms with Gasteiger partial charge in [0.2, 0.25) is 35.4 Å². The number of carboxylic acid groups (broad SMARTS) is 1. The van der Waals surface area contributed by atoms with Gasteiger partial charge < -0.3 is 71.8 Å². The maximum absolute atomic E-state index is 13.6. The van der Waals surface area contributed by atoms with Crippen LogP contribution in [0.4, 0.5) is 0 Å². The average molecular weight is 793 g/mol. The molecule has 0 radical (unpaired) electrons. The fraction of sp³-hybridized carbons (Fsp3) is 0.690. The molecular formula is C29H56N14O8S2. The van der Waals surface area contributed by atoms with Gasteiger partial charge in [0, 0.05) is 31.0 Å². The molecular weight excluding hydrogens is 737 g/mol. The number of aliphatic carboxylic acids is 1. The molecule has 6 amide bonds. The molecule has 0 aliphatic carbocycles. The minimum atomic E-state index is -1.43. The van der Waals surface area contributed by atoms with Crippen molar-refractivity contribution in [2.24, 2.45) is 50.1 Å². The van der Waals surface area contributed by atoms with Crippen LogP contribution in [0, 0.1) is 0 Å². The number of hydrogen-bond donors (Lipinski definition) is 15. The van der Waals surface area contributed by atoms with Gasteiger partial charge in [-0.2, -0.15) is 25.3 Å². The lowest BCUT2D eigenvalue weighted by Gasteiger charge is -2.26. The number of guanidine groups is 2. The van der Waals surface area contributed by atoms with Gasteiger partial charge in [-0.25, -0.2) is 4.79 Å². The Morgan fingerprint density at radius 1 is 0.547 bits per heavy atom. The third kappa shape index (κ3) is 21.5. The molecule has 0 unspecified atom stereocenters. The van der Waals surface area contributed by atoms with Crippen molar-refractivity contribution in [2.75, 3.05) is 31.1 Å². The Balaban J connectivity index is 6.17. The van der Waals surface area contributed by atoms with Crippen molar-refractivity contribution >= 4 is 78.6 Å². The SMILES string of the molecule is NCCCC[C@H](N)C(=O)N[C@@H](CCCN=C(N)N)C(=O)N[C@@H](CCCN=C(N)N)C(=O)N[C@@H](CS)C(=O)N[C@@H](CCC(N)=O)C(=O)N[C@@H](CS)C(=O)O. The van der Waals surface area contributed by atoms with Crippen molar-refractivity contribution in [3.05, 3.63) is 0 Å². The Bertz CT molecular complexity index is 1280. The number of nitrogens with one attached hydrogen (secondary N) is 5. The van der Waals surface area contributed by atoms with Crippen LogP contribution < -0.4 is 66.7 Å². The molecule has 0 aliphatic rings. The first kappa shape index (κ1) is 48.4. The quantitative estimate of drug-likeness (QED) is 0.0152. The normalized spacial score (nSPS) is 14.1. The minimum Gasteiger partial charge on any atom is -0.480 e. The molecule has 53 heavy (non-hydrogen) atoms. The Labute approximate surface area is 318 Å². The highest BCUT2D eigenvalue weighted by Gasteiger charge is 2.32. The van der Waals surface area contributed by atoms with E-state index in [2.05, 4.69) is 61.8 Å². The van der Waals surface area contributed by atoms with Gasteiger partial charge in [-0.15, -0.1) is 0 Å². The van der Waals surface area contributed by atoms with Crippen LogP contribution in [0.3, 0.4) is 0 Å². The van der Waals surface area contributed by atoms with Gasteiger partial charge in [0.05, 0.1) is 6.04 Å². The molecule has 20 N–H and O–H groups in total. The molecule has 24 heteroatoms. The Morgan fingerprint density at radius 2 is 0.943 bits per heavy atom. The summed E-state index contributed by atoms with van der Waals surface area (Å²) in [4.78, 5) is 96.9. The summed E-state index contributed by atoms with van der Waals surface area (Å²) in [5.74, 6) is -7.19. The van der Waals surface area contributed by atoms with Gasteiger partial charge >= 0.3 is 5.97 Å². The zero-order chi connectivity index (χ0) is 40.5. The van der Waals surface area contributed by atoms with Crippen molar-refractivity contribution in [1.29, 1.82) is 0 Å². The first-order chi connectivity index (χ1) is 25.0. The average Bonchev–Trinajstić information content (AvgIpc) is 3.09. The zero-order valence-corrected chi connectivity index (χ0v) is 31.3. The summed E-state index contributed by atoms with van der Waals surface area (Å²) in [6.45, 7) is 0.631. The number of carbonyl (C=O) groups excluding carboxylic acids is 6. The second-order valence-corrected chi connectivity index (χ2v) is 12.5. The van der Waals surface area contributed by atoms with E-state index in [1.807, 2.05) is 0 Å². The molecule has 0 aromatic carbocycles. The second kappa shape index (κ2) is 27.1.